The quantitative estimate of drug-likeness (QED) is 0.109. The third-order valence-electron chi connectivity index (χ3n) is 6.66. The number of phenols is 1. The summed E-state index contributed by atoms with van der Waals surface area (Å²) in [6.07, 6.45) is 30.9. The molecular weight excluding hydrogens is 378 g/mol. The van der Waals surface area contributed by atoms with Gasteiger partial charge in [-0.3, -0.25) is 0 Å². The lowest BCUT2D eigenvalue weighted by atomic mass is 10.0. The maximum absolute atomic E-state index is 9.47. The molecule has 31 heavy (non-hydrogen) atoms. The summed E-state index contributed by atoms with van der Waals surface area (Å²) in [5.41, 5.74) is 7.50. The molecule has 0 heterocycles. The fourth-order valence-corrected chi connectivity index (χ4v) is 4.52. The van der Waals surface area contributed by atoms with E-state index in [2.05, 4.69) is 6.92 Å². The molecule has 180 valence electrons. The summed E-state index contributed by atoms with van der Waals surface area (Å²) in [4.78, 5) is 0. The molecule has 0 bridgehead atoms. The molecule has 0 spiro atoms. The molecule has 0 aliphatic rings. The highest BCUT2D eigenvalue weighted by Crippen LogP contribution is 2.22. The second kappa shape index (κ2) is 20.7. The monoisotopic (exact) mass is 431 g/mol. The second-order valence-electron chi connectivity index (χ2n) is 9.71. The largest absolute Gasteiger partial charge is 0.506 e. The van der Waals surface area contributed by atoms with E-state index in [9.17, 15) is 5.11 Å². The van der Waals surface area contributed by atoms with Gasteiger partial charge in [0.25, 0.3) is 0 Å². The minimum atomic E-state index is 0.197. The average molecular weight is 432 g/mol. The van der Waals surface area contributed by atoms with Crippen molar-refractivity contribution in [3.05, 3.63) is 23.8 Å². The van der Waals surface area contributed by atoms with Crippen LogP contribution in [0, 0.1) is 0 Å². The van der Waals surface area contributed by atoms with Crippen LogP contribution < -0.4 is 5.73 Å². The normalized spacial score (nSPS) is 11.3. The van der Waals surface area contributed by atoms with Crippen molar-refractivity contribution >= 4 is 5.69 Å². The lowest BCUT2D eigenvalue weighted by Gasteiger charge is -2.05. The van der Waals surface area contributed by atoms with E-state index >= 15 is 0 Å². The van der Waals surface area contributed by atoms with Gasteiger partial charge in [0.1, 0.15) is 5.75 Å². The molecule has 0 aliphatic heterocycles. The summed E-state index contributed by atoms with van der Waals surface area (Å²) in [5.74, 6) is 0.197. The molecule has 0 atom stereocenters. The summed E-state index contributed by atoms with van der Waals surface area (Å²) >= 11 is 0. The molecule has 0 fully saturated rings. The Morgan fingerprint density at radius 3 is 1.26 bits per heavy atom. The lowest BCUT2D eigenvalue weighted by molar-refractivity contribution is 0.477. The van der Waals surface area contributed by atoms with Gasteiger partial charge in [-0.1, -0.05) is 141 Å². The van der Waals surface area contributed by atoms with Crippen molar-refractivity contribution in [2.45, 2.75) is 148 Å². The molecule has 0 aliphatic carbocycles. The molecule has 0 aromatic heterocycles. The summed E-state index contributed by atoms with van der Waals surface area (Å²) in [6.45, 7) is 2.29. The number of aryl methyl sites for hydroxylation is 1. The number of benzene rings is 1. The highest BCUT2D eigenvalue weighted by atomic mass is 16.3. The van der Waals surface area contributed by atoms with Crippen LogP contribution in [-0.2, 0) is 6.42 Å². The molecule has 1 aromatic rings. The van der Waals surface area contributed by atoms with Gasteiger partial charge >= 0.3 is 0 Å². The van der Waals surface area contributed by atoms with Crippen molar-refractivity contribution < 1.29 is 5.11 Å². The Labute approximate surface area is 194 Å². The standard InChI is InChI=1S/C29H53NO/c1-2-3-4-5-6-7-8-9-10-11-12-13-14-15-16-17-18-19-20-21-22-23-27-24-25-29(31)28(30)26-27/h24-26,31H,2-23,30H2,1H3. The highest BCUT2D eigenvalue weighted by Gasteiger charge is 1.99. The predicted octanol–water partition coefficient (Wildman–Crippen LogP) is 9.73. The van der Waals surface area contributed by atoms with Crippen LogP contribution in [0.5, 0.6) is 5.75 Å². The van der Waals surface area contributed by atoms with Gasteiger partial charge in [0.2, 0.25) is 0 Å². The number of phenolic OH excluding ortho intramolecular Hbond substituents is 1. The zero-order valence-electron chi connectivity index (χ0n) is 20.8. The molecule has 2 heteroatoms. The lowest BCUT2D eigenvalue weighted by Crippen LogP contribution is -1.91. The van der Waals surface area contributed by atoms with Gasteiger partial charge < -0.3 is 10.8 Å². The minimum Gasteiger partial charge on any atom is -0.506 e. The van der Waals surface area contributed by atoms with Gasteiger partial charge in [0.15, 0.2) is 0 Å². The Morgan fingerprint density at radius 1 is 0.548 bits per heavy atom. The molecule has 3 N–H and O–H groups in total. The Morgan fingerprint density at radius 2 is 0.903 bits per heavy atom. The van der Waals surface area contributed by atoms with Gasteiger partial charge in [-0.05, 0) is 30.5 Å². The zero-order chi connectivity index (χ0) is 22.4. The van der Waals surface area contributed by atoms with Crippen molar-refractivity contribution in [1.29, 1.82) is 0 Å². The van der Waals surface area contributed by atoms with Gasteiger partial charge in [0.05, 0.1) is 5.69 Å². The number of nitrogens with two attached hydrogens (primary N) is 1. The summed E-state index contributed by atoms with van der Waals surface area (Å²) in [6, 6.07) is 5.61. The van der Waals surface area contributed by atoms with E-state index < -0.39 is 0 Å². The molecule has 0 saturated heterocycles. The first-order valence-electron chi connectivity index (χ1n) is 13.8. The first-order chi connectivity index (χ1) is 15.2. The maximum atomic E-state index is 9.47. The fraction of sp³-hybridized carbons (Fsp3) is 0.793. The fourth-order valence-electron chi connectivity index (χ4n) is 4.52. The van der Waals surface area contributed by atoms with Gasteiger partial charge in [-0.2, -0.15) is 0 Å². The van der Waals surface area contributed by atoms with Crippen LogP contribution in [0.1, 0.15) is 147 Å². The highest BCUT2D eigenvalue weighted by molar-refractivity contribution is 5.53. The third-order valence-corrected chi connectivity index (χ3v) is 6.66. The molecule has 1 rings (SSSR count). The average Bonchev–Trinajstić information content (AvgIpc) is 2.77. The van der Waals surface area contributed by atoms with Crippen LogP contribution in [0.3, 0.4) is 0 Å². The number of anilines is 1. The molecular formula is C29H53NO. The van der Waals surface area contributed by atoms with E-state index in [4.69, 9.17) is 5.73 Å². The molecule has 0 radical (unpaired) electrons. The van der Waals surface area contributed by atoms with Crippen LogP contribution in [-0.4, -0.2) is 5.11 Å². The van der Waals surface area contributed by atoms with Crippen molar-refractivity contribution in [3.63, 3.8) is 0 Å². The van der Waals surface area contributed by atoms with Crippen molar-refractivity contribution in [2.75, 3.05) is 5.73 Å². The topological polar surface area (TPSA) is 46.2 Å². The van der Waals surface area contributed by atoms with Gasteiger partial charge in [-0.25, -0.2) is 0 Å². The number of nitrogen functional groups attached to an aromatic ring is 1. The molecule has 1 aromatic carbocycles. The van der Waals surface area contributed by atoms with Crippen LogP contribution in [0.2, 0.25) is 0 Å². The number of rotatable bonds is 22. The van der Waals surface area contributed by atoms with Crippen molar-refractivity contribution in [1.82, 2.24) is 0 Å². The molecule has 0 unspecified atom stereocenters. The first kappa shape index (κ1) is 27.9. The van der Waals surface area contributed by atoms with E-state index in [0.717, 1.165) is 6.42 Å². The minimum absolute atomic E-state index is 0.197. The molecule has 0 amide bonds. The number of unbranched alkanes of at least 4 members (excludes halogenated alkanes) is 20. The number of hydrogen-bond donors (Lipinski definition) is 2. The number of aromatic hydroxyl groups is 1. The van der Waals surface area contributed by atoms with Crippen LogP contribution in [0.4, 0.5) is 5.69 Å². The Bertz CT molecular complexity index is 513. The van der Waals surface area contributed by atoms with Gasteiger partial charge in [0, 0.05) is 0 Å². The van der Waals surface area contributed by atoms with Gasteiger partial charge in [-0.15, -0.1) is 0 Å². The molecule has 2 nitrogen and oxygen atoms in total. The molecule has 0 saturated carbocycles. The van der Waals surface area contributed by atoms with E-state index in [1.54, 1.807) is 6.07 Å². The van der Waals surface area contributed by atoms with Crippen LogP contribution in [0.15, 0.2) is 18.2 Å². The van der Waals surface area contributed by atoms with Crippen molar-refractivity contribution in [3.8, 4) is 5.75 Å². The first-order valence-corrected chi connectivity index (χ1v) is 13.8. The maximum Gasteiger partial charge on any atom is 0.138 e. The van der Waals surface area contributed by atoms with E-state index in [-0.39, 0.29) is 5.75 Å². The number of hydrogen-bond acceptors (Lipinski definition) is 2. The zero-order valence-corrected chi connectivity index (χ0v) is 20.8. The Kier molecular flexibility index (Phi) is 18.6. The van der Waals surface area contributed by atoms with Crippen LogP contribution in [0.25, 0.3) is 0 Å². The van der Waals surface area contributed by atoms with Crippen LogP contribution >= 0.6 is 0 Å². The van der Waals surface area contributed by atoms with Crippen molar-refractivity contribution in [2.24, 2.45) is 0 Å². The smallest absolute Gasteiger partial charge is 0.138 e. The van der Waals surface area contributed by atoms with E-state index in [1.165, 1.54) is 140 Å². The predicted molar refractivity (Wildman–Crippen MR) is 139 cm³/mol. The van der Waals surface area contributed by atoms with E-state index in [1.807, 2.05) is 12.1 Å². The third kappa shape index (κ3) is 17.1. The SMILES string of the molecule is CCCCCCCCCCCCCCCCCCCCCCCc1ccc(O)c(N)c1. The second-order valence-corrected chi connectivity index (χ2v) is 9.71. The summed E-state index contributed by atoms with van der Waals surface area (Å²) in [5, 5.41) is 9.47. The summed E-state index contributed by atoms with van der Waals surface area (Å²) < 4.78 is 0. The Hall–Kier alpha value is -1.18. The summed E-state index contributed by atoms with van der Waals surface area (Å²) in [7, 11) is 0. The Balaban J connectivity index is 1.72. The van der Waals surface area contributed by atoms with E-state index in [0.29, 0.717) is 5.69 Å².